The molecule has 14 nitrogen and oxygen atoms in total. The highest BCUT2D eigenvalue weighted by Gasteiger charge is 2.84. The minimum absolute atomic E-state index is 0.0110. The van der Waals surface area contributed by atoms with Crippen LogP contribution in [-0.2, 0) is 42.8 Å². The number of carbonyl (C=O) groups excluding carboxylic acids is 5. The van der Waals surface area contributed by atoms with Gasteiger partial charge in [-0.05, 0) is 82.2 Å². The molecule has 1 heterocycles. The lowest BCUT2D eigenvalue weighted by Gasteiger charge is -2.64. The van der Waals surface area contributed by atoms with Gasteiger partial charge in [0.05, 0.1) is 29.9 Å². The van der Waals surface area contributed by atoms with E-state index in [4.69, 9.17) is 28.4 Å². The number of ketones is 1. The standard InChI is InChI=1S/C46H55NO13/c1-24(2)59-45-23-55-31(45)20-29-21-44(29)36(45)38(58-39(51)28-18-14-11-15-19-28)46(54)22-30(25(3)32(43(46,8)9)35(37(44)50)56-26(4)48)57-40(52)34(49)33(27-16-12-10-13-17-27)47-41(53)60-42(5,6)7/h10-19,29-31,33-36,38,49,54H,1,20-23H2,2-9H3,(H,47,53)/t29-,30+,31-,33+,34-,35-,36+,38-,44-,45+,46-/m1/s1. The van der Waals surface area contributed by atoms with E-state index in [-0.39, 0.29) is 30.1 Å². The Bertz CT molecular complexity index is 2110. The molecule has 1 saturated heterocycles. The van der Waals surface area contributed by atoms with Crippen molar-refractivity contribution in [3.63, 3.8) is 0 Å². The number of ether oxygens (including phenoxy) is 6. The molecule has 3 N–H and O–H groups in total. The molecule has 2 aromatic rings. The number of fused-ring (bicyclic) bond motifs is 4. The molecule has 60 heavy (non-hydrogen) atoms. The van der Waals surface area contributed by atoms with E-state index < -0.39 is 99.9 Å². The van der Waals surface area contributed by atoms with E-state index in [1.807, 2.05) is 0 Å². The first-order chi connectivity index (χ1) is 28.1. The van der Waals surface area contributed by atoms with Crippen LogP contribution in [0.3, 0.4) is 0 Å². The number of hydrogen-bond acceptors (Lipinski definition) is 13. The quantitative estimate of drug-likeness (QED) is 0.119. The molecule has 4 aliphatic carbocycles. The monoisotopic (exact) mass is 829 g/mol. The van der Waals surface area contributed by atoms with Crippen LogP contribution < -0.4 is 5.32 Å². The Morgan fingerprint density at radius 2 is 1.58 bits per heavy atom. The molecule has 4 fully saturated rings. The predicted molar refractivity (Wildman–Crippen MR) is 214 cm³/mol. The van der Waals surface area contributed by atoms with Gasteiger partial charge in [-0.1, -0.05) is 69.0 Å². The smallest absolute Gasteiger partial charge is 0.408 e. The SMILES string of the molecule is C=C(C)O[C@@]12CO[C@@H]1C[C@@H]1C[C@@]13C(=O)[C@H](OC(C)=O)C1=C(C)[C@@H](OC(=O)[C@H](O)[C@@H](NC(=O)OC(C)(C)C)c4ccccc4)C[C@@](O)([C@H](OC(=O)c4ccccc4)[C@H]23)C1(C)C. The number of carbonyl (C=O) groups is 5. The second-order valence-electron chi connectivity index (χ2n) is 18.5. The number of benzene rings is 2. The number of amides is 1. The summed E-state index contributed by atoms with van der Waals surface area (Å²) in [6, 6.07) is 15.2. The van der Waals surface area contributed by atoms with E-state index in [1.165, 1.54) is 6.92 Å². The van der Waals surface area contributed by atoms with Crippen molar-refractivity contribution in [3.8, 4) is 0 Å². The molecule has 1 spiro atoms. The fraction of sp³-hybridized carbons (Fsp3) is 0.543. The fourth-order valence-electron chi connectivity index (χ4n) is 10.5. The Labute approximate surface area is 349 Å². The number of Topliss-reactive ketones (excluding diaryl/α,β-unsaturated/α-hetero) is 1. The van der Waals surface area contributed by atoms with E-state index in [2.05, 4.69) is 11.9 Å². The molecular weight excluding hydrogens is 774 g/mol. The summed E-state index contributed by atoms with van der Waals surface area (Å²) in [7, 11) is 0. The van der Waals surface area contributed by atoms with E-state index in [0.717, 1.165) is 0 Å². The zero-order chi connectivity index (χ0) is 43.7. The third-order valence-corrected chi connectivity index (χ3v) is 13.2. The second kappa shape index (κ2) is 15.1. The summed E-state index contributed by atoms with van der Waals surface area (Å²) in [5.41, 5.74) is -6.11. The molecule has 11 atom stereocenters. The highest BCUT2D eigenvalue weighted by atomic mass is 16.6. The number of nitrogens with one attached hydrogen (secondary N) is 1. The van der Waals surface area contributed by atoms with Crippen molar-refractivity contribution in [2.24, 2.45) is 22.7 Å². The van der Waals surface area contributed by atoms with Crippen LogP contribution in [0.4, 0.5) is 4.79 Å². The van der Waals surface area contributed by atoms with Crippen molar-refractivity contribution in [2.75, 3.05) is 6.61 Å². The van der Waals surface area contributed by atoms with E-state index in [0.29, 0.717) is 29.7 Å². The number of hydrogen-bond donors (Lipinski definition) is 3. The zero-order valence-electron chi connectivity index (χ0n) is 35.3. The normalized spacial score (nSPS) is 33.3. The molecule has 322 valence electrons. The van der Waals surface area contributed by atoms with Crippen LogP contribution in [0.1, 0.15) is 96.6 Å². The molecule has 1 aliphatic heterocycles. The number of alkyl carbamates (subject to hydrolysis) is 1. The maximum absolute atomic E-state index is 15.5. The molecule has 2 aromatic carbocycles. The van der Waals surface area contributed by atoms with Gasteiger partial charge >= 0.3 is 24.0 Å². The van der Waals surface area contributed by atoms with Crippen molar-refractivity contribution in [1.82, 2.24) is 5.32 Å². The van der Waals surface area contributed by atoms with Gasteiger partial charge in [0.25, 0.3) is 0 Å². The van der Waals surface area contributed by atoms with E-state index in [9.17, 15) is 29.4 Å². The van der Waals surface area contributed by atoms with E-state index >= 15 is 4.79 Å². The molecule has 2 bridgehead atoms. The average Bonchev–Trinajstić information content (AvgIpc) is 3.90. The Balaban J connectivity index is 1.37. The second-order valence-corrected chi connectivity index (χ2v) is 18.5. The van der Waals surface area contributed by atoms with Crippen molar-refractivity contribution < 1.29 is 62.6 Å². The molecule has 14 heteroatoms. The van der Waals surface area contributed by atoms with Crippen molar-refractivity contribution in [3.05, 3.63) is 95.3 Å². The minimum atomic E-state index is -2.16. The average molecular weight is 830 g/mol. The summed E-state index contributed by atoms with van der Waals surface area (Å²) in [4.78, 5) is 70.1. The first-order valence-electron chi connectivity index (χ1n) is 20.4. The van der Waals surface area contributed by atoms with Crippen LogP contribution in [-0.4, -0.2) is 93.9 Å². The molecule has 0 radical (unpaired) electrons. The lowest BCUT2D eigenvalue weighted by molar-refractivity contribution is -0.324. The Kier molecular flexibility index (Phi) is 10.9. The molecule has 3 saturated carbocycles. The molecule has 1 amide bonds. The van der Waals surface area contributed by atoms with Crippen molar-refractivity contribution in [2.45, 2.75) is 128 Å². The van der Waals surface area contributed by atoms with Crippen molar-refractivity contribution >= 4 is 29.8 Å². The van der Waals surface area contributed by atoms with Gasteiger partial charge in [0.1, 0.15) is 29.5 Å². The van der Waals surface area contributed by atoms with Gasteiger partial charge in [-0.2, -0.15) is 0 Å². The van der Waals surface area contributed by atoms with Gasteiger partial charge in [-0.25, -0.2) is 14.4 Å². The van der Waals surface area contributed by atoms with Crippen LogP contribution in [0.5, 0.6) is 0 Å². The first-order valence-corrected chi connectivity index (χ1v) is 20.4. The molecule has 7 rings (SSSR count). The summed E-state index contributed by atoms with van der Waals surface area (Å²) in [6.07, 6.45) is -7.50. The van der Waals surface area contributed by atoms with E-state index in [1.54, 1.807) is 109 Å². The highest BCUT2D eigenvalue weighted by Crippen LogP contribution is 2.75. The number of esters is 3. The van der Waals surface area contributed by atoms with Crippen molar-refractivity contribution in [1.29, 1.82) is 0 Å². The lowest BCUT2D eigenvalue weighted by atomic mass is 9.48. The summed E-state index contributed by atoms with van der Waals surface area (Å²) in [5, 5.41) is 28.0. The summed E-state index contributed by atoms with van der Waals surface area (Å²) >= 11 is 0. The van der Waals surface area contributed by atoms with Gasteiger partial charge in [0.2, 0.25) is 0 Å². The summed E-state index contributed by atoms with van der Waals surface area (Å²) in [5.74, 6) is -4.19. The van der Waals surface area contributed by atoms with Crippen LogP contribution in [0, 0.1) is 22.7 Å². The first kappa shape index (κ1) is 43.1. The van der Waals surface area contributed by atoms with Gasteiger partial charge in [0.15, 0.2) is 23.6 Å². The summed E-state index contributed by atoms with van der Waals surface area (Å²) < 4.78 is 36.8. The van der Waals surface area contributed by atoms with Gasteiger partial charge < -0.3 is 44.0 Å². The topological polar surface area (TPSA) is 193 Å². The van der Waals surface area contributed by atoms with Crippen LogP contribution in [0.2, 0.25) is 0 Å². The number of allylic oxidation sites excluding steroid dienone is 1. The predicted octanol–water partition coefficient (Wildman–Crippen LogP) is 5.46. The molecule has 0 unspecified atom stereocenters. The number of aliphatic hydroxyl groups excluding tert-OH is 1. The zero-order valence-corrected chi connectivity index (χ0v) is 35.3. The highest BCUT2D eigenvalue weighted by molar-refractivity contribution is 5.97. The maximum Gasteiger partial charge on any atom is 0.408 e. The fourth-order valence-corrected chi connectivity index (χ4v) is 10.5. The van der Waals surface area contributed by atoms with Crippen LogP contribution in [0.25, 0.3) is 0 Å². The Morgan fingerprint density at radius 3 is 2.15 bits per heavy atom. The third kappa shape index (κ3) is 7.09. The molecular formula is C46H55NO13. The lowest BCUT2D eigenvalue weighted by Crippen LogP contribution is -2.77. The minimum Gasteiger partial charge on any atom is -0.487 e. The van der Waals surface area contributed by atoms with Crippen LogP contribution >= 0.6 is 0 Å². The number of rotatable bonds is 10. The van der Waals surface area contributed by atoms with Crippen LogP contribution in [0.15, 0.2) is 84.1 Å². The Hall–Kier alpha value is -5.05. The maximum atomic E-state index is 15.5. The Morgan fingerprint density at radius 1 is 0.950 bits per heavy atom. The van der Waals surface area contributed by atoms with Gasteiger partial charge in [-0.15, -0.1) is 0 Å². The largest absolute Gasteiger partial charge is 0.487 e. The summed E-state index contributed by atoms with van der Waals surface area (Å²) in [6.45, 7) is 16.8. The number of aliphatic hydroxyl groups is 2. The van der Waals surface area contributed by atoms with Gasteiger partial charge in [0, 0.05) is 24.2 Å². The van der Waals surface area contributed by atoms with Gasteiger partial charge in [-0.3, -0.25) is 9.59 Å². The third-order valence-electron chi connectivity index (χ3n) is 13.2. The molecule has 5 aliphatic rings. The molecule has 0 aromatic heterocycles.